The number of fused-ring (bicyclic) bond motifs is 6. The summed E-state index contributed by atoms with van der Waals surface area (Å²) in [4.78, 5) is 50.4. The van der Waals surface area contributed by atoms with Crippen molar-refractivity contribution >= 4 is 58.6 Å². The molecule has 4 heterocycles. The van der Waals surface area contributed by atoms with Crippen molar-refractivity contribution < 1.29 is 23.5 Å². The second-order valence-electron chi connectivity index (χ2n) is 10.5. The molecule has 244 valence electrons. The number of hydrogen-bond acceptors (Lipinski definition) is 9. The molecule has 14 nitrogen and oxygen atoms in total. The van der Waals surface area contributed by atoms with E-state index in [9.17, 15) is 18.8 Å². The average Bonchev–Trinajstić information content (AvgIpc) is 3.74. The van der Waals surface area contributed by atoms with Gasteiger partial charge in [0, 0.05) is 52.9 Å². The van der Waals surface area contributed by atoms with E-state index in [-0.39, 0.29) is 47.3 Å². The molecule has 3 aromatic heterocycles. The number of H-pyrrole nitrogens is 1. The van der Waals surface area contributed by atoms with Crippen molar-refractivity contribution in [2.24, 2.45) is 0 Å². The highest BCUT2D eigenvalue weighted by atomic mass is 35.5. The summed E-state index contributed by atoms with van der Waals surface area (Å²) in [6.07, 6.45) is 3.60. The van der Waals surface area contributed by atoms with E-state index in [1.165, 1.54) is 42.4 Å². The Kier molecular flexibility index (Phi) is 9.40. The van der Waals surface area contributed by atoms with E-state index in [1.807, 2.05) is 0 Å². The van der Waals surface area contributed by atoms with Gasteiger partial charge in [0.2, 0.25) is 11.8 Å². The van der Waals surface area contributed by atoms with Crippen LogP contribution in [-0.4, -0.2) is 60.2 Å². The minimum Gasteiger partial charge on any atom is -0.453 e. The lowest BCUT2D eigenvalue weighted by molar-refractivity contribution is -0.117. The van der Waals surface area contributed by atoms with Gasteiger partial charge in [0.1, 0.15) is 28.8 Å². The van der Waals surface area contributed by atoms with Crippen LogP contribution in [0.2, 0.25) is 10.2 Å². The van der Waals surface area contributed by atoms with Crippen LogP contribution >= 0.6 is 23.2 Å². The molecule has 4 N–H and O–H groups in total. The molecule has 0 aliphatic carbocycles. The molecule has 3 amide bonds. The van der Waals surface area contributed by atoms with Crippen LogP contribution in [0, 0.1) is 5.82 Å². The number of nitrogens with zero attached hydrogens (tertiary/aromatic N) is 6. The first-order valence-electron chi connectivity index (χ1n) is 14.4. The number of carbonyl (C=O) groups excluding carboxylic acids is 3. The second-order valence-corrected chi connectivity index (χ2v) is 11.3. The third-order valence-corrected chi connectivity index (χ3v) is 7.79. The number of rotatable bonds is 5. The zero-order valence-corrected chi connectivity index (χ0v) is 26.5. The molecule has 48 heavy (non-hydrogen) atoms. The number of benzene rings is 2. The summed E-state index contributed by atoms with van der Waals surface area (Å²) in [6.45, 7) is 0. The number of halogens is 3. The first-order chi connectivity index (χ1) is 23.2. The molecule has 5 aromatic rings. The van der Waals surface area contributed by atoms with Crippen LogP contribution in [0.15, 0.2) is 60.9 Å². The highest BCUT2D eigenvalue weighted by molar-refractivity contribution is 6.32. The molecule has 0 saturated carbocycles. The Morgan fingerprint density at radius 1 is 1.10 bits per heavy atom. The number of methoxy groups -OCH3 is 1. The van der Waals surface area contributed by atoms with Crippen LogP contribution in [0.1, 0.15) is 35.2 Å². The molecule has 0 fully saturated rings. The number of aromatic nitrogens is 7. The predicted molar refractivity (Wildman–Crippen MR) is 174 cm³/mol. The quantitative estimate of drug-likeness (QED) is 0.183. The Morgan fingerprint density at radius 3 is 2.75 bits per heavy atom. The number of aryl methyl sites for hydroxylation is 1. The Hall–Kier alpha value is -5.67. The minimum absolute atomic E-state index is 0.00656. The van der Waals surface area contributed by atoms with E-state index in [2.05, 4.69) is 46.2 Å². The summed E-state index contributed by atoms with van der Waals surface area (Å²) in [5, 5.41) is 20.1. The molecule has 17 heteroatoms. The number of anilines is 2. The van der Waals surface area contributed by atoms with Crippen LogP contribution < -0.4 is 16.0 Å². The van der Waals surface area contributed by atoms with Crippen molar-refractivity contribution in [1.29, 1.82) is 0 Å². The van der Waals surface area contributed by atoms with Gasteiger partial charge < -0.3 is 20.4 Å². The lowest BCUT2D eigenvalue weighted by Gasteiger charge is -2.17. The molecule has 0 saturated heterocycles. The van der Waals surface area contributed by atoms with Crippen molar-refractivity contribution in [3.8, 4) is 16.9 Å². The third kappa shape index (κ3) is 7.32. The molecular formula is C31H25Cl2FN10O4. The number of hydrogen-bond donors (Lipinski definition) is 4. The fraction of sp³-hybridized carbons (Fsp3) is 0.161. The summed E-state index contributed by atoms with van der Waals surface area (Å²) in [5.74, 6) is -1.23. The van der Waals surface area contributed by atoms with Crippen LogP contribution in [-0.2, 0) is 27.2 Å². The highest BCUT2D eigenvalue weighted by Gasteiger charge is 2.24. The van der Waals surface area contributed by atoms with Gasteiger partial charge in [0.25, 0.3) is 0 Å². The van der Waals surface area contributed by atoms with E-state index >= 15 is 0 Å². The molecule has 1 aliphatic rings. The maximum absolute atomic E-state index is 14.8. The van der Waals surface area contributed by atoms with E-state index < -0.39 is 29.8 Å². The fourth-order valence-corrected chi connectivity index (χ4v) is 5.45. The average molecular weight is 692 g/mol. The molecule has 0 spiro atoms. The number of amides is 3. The standard InChI is InChI=1S/C31H25Cl2FN10O4/c1-48-31(47)37-19-4-6-20-23(13-19)38-27(46)11-8-22-21(34)7-5-18(36-22)14-24(30-40-28(20)29(33)41-30)39-26(45)10-2-16-12-17(32)3-9-25(16)44-15-35-42-43-44/h2-7,9-10,12-13,15,24H,8,11,14H2,1H3,(H,37,47)(H,38,46)(H,39,45)(H,40,41)/t24-/m1/s1. The van der Waals surface area contributed by atoms with E-state index in [1.54, 1.807) is 36.4 Å². The van der Waals surface area contributed by atoms with Crippen molar-refractivity contribution in [2.75, 3.05) is 17.7 Å². The smallest absolute Gasteiger partial charge is 0.411 e. The Labute approximate surface area is 281 Å². The van der Waals surface area contributed by atoms with Gasteiger partial charge in [-0.05, 0) is 65.0 Å². The van der Waals surface area contributed by atoms with E-state index in [4.69, 9.17) is 28.2 Å². The Morgan fingerprint density at radius 2 is 1.96 bits per heavy atom. The summed E-state index contributed by atoms with van der Waals surface area (Å²) in [6, 6.07) is 11.7. The van der Waals surface area contributed by atoms with E-state index in [0.29, 0.717) is 33.2 Å². The summed E-state index contributed by atoms with van der Waals surface area (Å²) in [7, 11) is 1.22. The molecular weight excluding hydrogens is 666 g/mol. The fourth-order valence-electron chi connectivity index (χ4n) is 5.03. The summed E-state index contributed by atoms with van der Waals surface area (Å²) < 4.78 is 20.9. The zero-order chi connectivity index (χ0) is 33.8. The number of tetrazole rings is 1. The first kappa shape index (κ1) is 32.3. The van der Waals surface area contributed by atoms with Crippen LogP contribution in [0.5, 0.6) is 0 Å². The van der Waals surface area contributed by atoms with E-state index in [0.717, 1.165) is 0 Å². The topological polar surface area (TPSA) is 182 Å². The SMILES string of the molecule is COC(=O)Nc1ccc2c(c1)NC(=O)CCc1nc(ccc1F)C[C@@H](NC(=O)C=Cc1cc(Cl)ccc1-n1cnnn1)c1nc-2c(Cl)[nH]1. The van der Waals surface area contributed by atoms with Crippen LogP contribution in [0.25, 0.3) is 23.0 Å². The van der Waals surface area contributed by atoms with Gasteiger partial charge in [0.05, 0.1) is 30.2 Å². The number of nitrogens with one attached hydrogen (secondary N) is 4. The third-order valence-electron chi connectivity index (χ3n) is 7.28. The van der Waals surface area contributed by atoms with Crippen LogP contribution in [0.4, 0.5) is 20.6 Å². The predicted octanol–water partition coefficient (Wildman–Crippen LogP) is 5.07. The Balaban J connectivity index is 1.37. The summed E-state index contributed by atoms with van der Waals surface area (Å²) >= 11 is 12.9. The number of ether oxygens (including phenoxy) is 1. The molecule has 1 atom stereocenters. The summed E-state index contributed by atoms with van der Waals surface area (Å²) in [5.41, 5.74) is 2.99. The number of carbonyl (C=O) groups is 3. The normalized spacial score (nSPS) is 14.5. The second kappa shape index (κ2) is 14.0. The van der Waals surface area contributed by atoms with Gasteiger partial charge in [-0.15, -0.1) is 5.10 Å². The number of aromatic amines is 1. The number of pyridine rings is 1. The van der Waals surface area contributed by atoms with Gasteiger partial charge in [-0.1, -0.05) is 23.2 Å². The van der Waals surface area contributed by atoms with Gasteiger partial charge in [-0.25, -0.2) is 14.2 Å². The van der Waals surface area contributed by atoms with Gasteiger partial charge >= 0.3 is 6.09 Å². The molecule has 0 unspecified atom stereocenters. The van der Waals surface area contributed by atoms with Crippen molar-refractivity contribution in [3.05, 3.63) is 99.7 Å². The monoisotopic (exact) mass is 690 g/mol. The zero-order valence-electron chi connectivity index (χ0n) is 25.0. The minimum atomic E-state index is -0.807. The Bertz CT molecular complexity index is 2050. The molecule has 2 aromatic carbocycles. The van der Waals surface area contributed by atoms with Gasteiger partial charge in [-0.2, -0.15) is 4.68 Å². The maximum atomic E-state index is 14.8. The highest BCUT2D eigenvalue weighted by Crippen LogP contribution is 2.35. The molecule has 1 aliphatic heterocycles. The maximum Gasteiger partial charge on any atom is 0.411 e. The van der Waals surface area contributed by atoms with Crippen molar-refractivity contribution in [3.63, 3.8) is 0 Å². The largest absolute Gasteiger partial charge is 0.453 e. The first-order valence-corrected chi connectivity index (χ1v) is 15.1. The van der Waals surface area contributed by atoms with Gasteiger partial charge in [0.15, 0.2) is 0 Å². The van der Waals surface area contributed by atoms with Crippen LogP contribution in [0.3, 0.4) is 0 Å². The lowest BCUT2D eigenvalue weighted by atomic mass is 10.1. The molecule has 6 rings (SSSR count). The lowest BCUT2D eigenvalue weighted by Crippen LogP contribution is -2.29. The molecule has 0 radical (unpaired) electrons. The number of imidazole rings is 1. The molecule has 4 bridgehead atoms. The van der Waals surface area contributed by atoms with Crippen molar-refractivity contribution in [2.45, 2.75) is 25.3 Å². The van der Waals surface area contributed by atoms with Crippen molar-refractivity contribution in [1.82, 2.24) is 40.5 Å². The van der Waals surface area contributed by atoms with Gasteiger partial charge in [-0.3, -0.25) is 19.9 Å².